The predicted molar refractivity (Wildman–Crippen MR) is 104 cm³/mol. The number of hydrogen-bond acceptors (Lipinski definition) is 3. The Balaban J connectivity index is 1.73. The van der Waals surface area contributed by atoms with Gasteiger partial charge in [-0.05, 0) is 49.6 Å². The van der Waals surface area contributed by atoms with E-state index in [0.29, 0.717) is 29.8 Å². The molecule has 0 bridgehead atoms. The molecule has 2 N–H and O–H groups in total. The number of amides is 3. The number of rotatable bonds is 4. The minimum absolute atomic E-state index is 0.0701. The van der Waals surface area contributed by atoms with Crippen molar-refractivity contribution in [2.24, 2.45) is 0 Å². The maximum absolute atomic E-state index is 12.6. The fraction of sp³-hybridized carbons (Fsp3) is 0.286. The SMILES string of the molecule is Cc1ccc(C(=O)NC2CCCN(C)C2=O)cc1NC(=O)c1ccccc1. The monoisotopic (exact) mass is 365 g/mol. The van der Waals surface area contributed by atoms with E-state index in [1.54, 1.807) is 54.4 Å². The molecule has 0 aliphatic carbocycles. The van der Waals surface area contributed by atoms with E-state index in [1.807, 2.05) is 13.0 Å². The van der Waals surface area contributed by atoms with Crippen molar-refractivity contribution in [2.45, 2.75) is 25.8 Å². The first-order valence-corrected chi connectivity index (χ1v) is 8.98. The molecule has 6 nitrogen and oxygen atoms in total. The molecule has 0 aromatic heterocycles. The van der Waals surface area contributed by atoms with Gasteiger partial charge in [0.05, 0.1) is 0 Å². The van der Waals surface area contributed by atoms with Gasteiger partial charge in [0, 0.05) is 30.4 Å². The third-order valence-electron chi connectivity index (χ3n) is 4.75. The van der Waals surface area contributed by atoms with Gasteiger partial charge in [-0.25, -0.2) is 0 Å². The molecule has 0 saturated carbocycles. The largest absolute Gasteiger partial charge is 0.344 e. The topological polar surface area (TPSA) is 78.5 Å². The number of benzene rings is 2. The molecule has 1 fully saturated rings. The molecule has 1 aliphatic rings. The summed E-state index contributed by atoms with van der Waals surface area (Å²) < 4.78 is 0. The molecule has 1 heterocycles. The molecule has 1 unspecified atom stereocenters. The van der Waals surface area contributed by atoms with Crippen molar-refractivity contribution in [2.75, 3.05) is 18.9 Å². The standard InChI is InChI=1S/C21H23N3O3/c1-14-10-11-16(20(26)22-17-9-6-12-24(2)21(17)27)13-18(14)23-19(25)15-7-4-3-5-8-15/h3-5,7-8,10-11,13,17H,6,9,12H2,1-2H3,(H,22,26)(H,23,25). The zero-order valence-electron chi connectivity index (χ0n) is 15.5. The minimum atomic E-state index is -0.500. The number of carbonyl (C=O) groups excluding carboxylic acids is 3. The average Bonchev–Trinajstić information content (AvgIpc) is 2.67. The Morgan fingerprint density at radius 1 is 1.04 bits per heavy atom. The van der Waals surface area contributed by atoms with Crippen LogP contribution in [-0.4, -0.2) is 42.3 Å². The van der Waals surface area contributed by atoms with Crippen LogP contribution < -0.4 is 10.6 Å². The van der Waals surface area contributed by atoms with E-state index in [9.17, 15) is 14.4 Å². The number of nitrogens with one attached hydrogen (secondary N) is 2. The van der Waals surface area contributed by atoms with E-state index >= 15 is 0 Å². The number of piperidine rings is 1. The van der Waals surface area contributed by atoms with Crippen LogP contribution in [0.2, 0.25) is 0 Å². The molecule has 3 amide bonds. The molecule has 1 saturated heterocycles. The first kappa shape index (κ1) is 18.6. The van der Waals surface area contributed by atoms with Crippen molar-refractivity contribution in [1.82, 2.24) is 10.2 Å². The van der Waals surface area contributed by atoms with Crippen LogP contribution in [0.15, 0.2) is 48.5 Å². The van der Waals surface area contributed by atoms with E-state index in [0.717, 1.165) is 12.0 Å². The van der Waals surface area contributed by atoms with Gasteiger partial charge < -0.3 is 15.5 Å². The van der Waals surface area contributed by atoms with Crippen molar-refractivity contribution in [1.29, 1.82) is 0 Å². The van der Waals surface area contributed by atoms with Gasteiger partial charge in [-0.3, -0.25) is 14.4 Å². The summed E-state index contributed by atoms with van der Waals surface area (Å²) in [6.07, 6.45) is 1.50. The van der Waals surface area contributed by atoms with Crippen LogP contribution in [0, 0.1) is 6.92 Å². The van der Waals surface area contributed by atoms with E-state index < -0.39 is 6.04 Å². The highest BCUT2D eigenvalue weighted by atomic mass is 16.2. The molecule has 0 radical (unpaired) electrons. The zero-order chi connectivity index (χ0) is 19.4. The molecule has 1 atom stereocenters. The lowest BCUT2D eigenvalue weighted by molar-refractivity contribution is -0.134. The molecule has 2 aromatic rings. The molecule has 3 rings (SSSR count). The summed E-state index contributed by atoms with van der Waals surface area (Å²) in [5.41, 5.74) is 2.38. The third-order valence-corrected chi connectivity index (χ3v) is 4.75. The average molecular weight is 365 g/mol. The highest BCUT2D eigenvalue weighted by molar-refractivity contribution is 6.05. The molecule has 6 heteroatoms. The van der Waals surface area contributed by atoms with Gasteiger partial charge in [-0.15, -0.1) is 0 Å². The van der Waals surface area contributed by atoms with E-state index in [2.05, 4.69) is 10.6 Å². The summed E-state index contributed by atoms with van der Waals surface area (Å²) in [6, 6.07) is 13.5. The smallest absolute Gasteiger partial charge is 0.255 e. The van der Waals surface area contributed by atoms with Gasteiger partial charge in [0.25, 0.3) is 11.8 Å². The first-order valence-electron chi connectivity index (χ1n) is 8.98. The zero-order valence-corrected chi connectivity index (χ0v) is 15.5. The number of anilines is 1. The van der Waals surface area contributed by atoms with Crippen LogP contribution in [-0.2, 0) is 4.79 Å². The number of nitrogens with zero attached hydrogens (tertiary/aromatic N) is 1. The molecular weight excluding hydrogens is 342 g/mol. The summed E-state index contributed by atoms with van der Waals surface area (Å²) in [4.78, 5) is 38.8. The summed E-state index contributed by atoms with van der Waals surface area (Å²) in [6.45, 7) is 2.58. The molecule has 140 valence electrons. The Bertz CT molecular complexity index is 864. The summed E-state index contributed by atoms with van der Waals surface area (Å²) >= 11 is 0. The van der Waals surface area contributed by atoms with Crippen LogP contribution >= 0.6 is 0 Å². The Morgan fingerprint density at radius 2 is 1.78 bits per heavy atom. The van der Waals surface area contributed by atoms with Gasteiger partial charge in [0.2, 0.25) is 5.91 Å². The predicted octanol–water partition coefficient (Wildman–Crippen LogP) is 2.60. The second kappa shape index (κ2) is 8.03. The van der Waals surface area contributed by atoms with Crippen molar-refractivity contribution in [3.63, 3.8) is 0 Å². The normalized spacial score (nSPS) is 16.7. The fourth-order valence-electron chi connectivity index (χ4n) is 3.09. The lowest BCUT2D eigenvalue weighted by Gasteiger charge is -2.29. The minimum Gasteiger partial charge on any atom is -0.344 e. The van der Waals surface area contributed by atoms with Gasteiger partial charge >= 0.3 is 0 Å². The number of likely N-dealkylation sites (N-methyl/N-ethyl adjacent to an activating group) is 1. The first-order chi connectivity index (χ1) is 13.0. The molecule has 27 heavy (non-hydrogen) atoms. The molecule has 0 spiro atoms. The maximum atomic E-state index is 12.6. The van der Waals surface area contributed by atoms with Gasteiger partial charge in [-0.2, -0.15) is 0 Å². The lowest BCUT2D eigenvalue weighted by Crippen LogP contribution is -2.50. The lowest BCUT2D eigenvalue weighted by atomic mass is 10.0. The number of likely N-dealkylation sites (tertiary alicyclic amines) is 1. The molecular formula is C21H23N3O3. The highest BCUT2D eigenvalue weighted by Crippen LogP contribution is 2.19. The van der Waals surface area contributed by atoms with Crippen molar-refractivity contribution in [3.05, 3.63) is 65.2 Å². The Morgan fingerprint density at radius 3 is 2.52 bits per heavy atom. The van der Waals surface area contributed by atoms with Gasteiger partial charge in [0.1, 0.15) is 6.04 Å². The van der Waals surface area contributed by atoms with Crippen LogP contribution in [0.25, 0.3) is 0 Å². The van der Waals surface area contributed by atoms with Crippen molar-refractivity contribution < 1.29 is 14.4 Å². The summed E-state index contributed by atoms with van der Waals surface area (Å²) in [5, 5.41) is 5.65. The number of hydrogen-bond donors (Lipinski definition) is 2. The van der Waals surface area contributed by atoms with Crippen LogP contribution in [0.1, 0.15) is 39.1 Å². The molecule has 2 aromatic carbocycles. The third kappa shape index (κ3) is 4.34. The number of aryl methyl sites for hydroxylation is 1. The second-order valence-corrected chi connectivity index (χ2v) is 6.78. The van der Waals surface area contributed by atoms with Crippen LogP contribution in [0.4, 0.5) is 5.69 Å². The van der Waals surface area contributed by atoms with Gasteiger partial charge in [0.15, 0.2) is 0 Å². The van der Waals surface area contributed by atoms with Crippen molar-refractivity contribution in [3.8, 4) is 0 Å². The Kier molecular flexibility index (Phi) is 5.54. The maximum Gasteiger partial charge on any atom is 0.255 e. The quantitative estimate of drug-likeness (QED) is 0.874. The van der Waals surface area contributed by atoms with E-state index in [4.69, 9.17) is 0 Å². The Hall–Kier alpha value is -3.15. The van der Waals surface area contributed by atoms with Crippen LogP contribution in [0.3, 0.4) is 0 Å². The van der Waals surface area contributed by atoms with E-state index in [-0.39, 0.29) is 17.7 Å². The van der Waals surface area contributed by atoms with Gasteiger partial charge in [-0.1, -0.05) is 24.3 Å². The Labute approximate surface area is 158 Å². The van der Waals surface area contributed by atoms with Crippen LogP contribution in [0.5, 0.6) is 0 Å². The summed E-state index contributed by atoms with van der Waals surface area (Å²) in [5.74, 6) is -0.626. The molecule has 1 aliphatic heterocycles. The highest BCUT2D eigenvalue weighted by Gasteiger charge is 2.28. The van der Waals surface area contributed by atoms with E-state index in [1.165, 1.54) is 0 Å². The fourth-order valence-corrected chi connectivity index (χ4v) is 3.09. The second-order valence-electron chi connectivity index (χ2n) is 6.78. The number of carbonyl (C=O) groups is 3. The summed E-state index contributed by atoms with van der Waals surface area (Å²) in [7, 11) is 1.74. The van der Waals surface area contributed by atoms with Crippen molar-refractivity contribution >= 4 is 23.4 Å².